The average molecular weight is 274 g/mol. The van der Waals surface area contributed by atoms with E-state index in [0.29, 0.717) is 0 Å². The van der Waals surface area contributed by atoms with Crippen LogP contribution in [0.4, 0.5) is 0 Å². The molecule has 20 heavy (non-hydrogen) atoms. The monoisotopic (exact) mass is 274 g/mol. The molecule has 0 heterocycles. The number of phenols is 2. The molecule has 1 fully saturated rings. The number of hydrogen-bond acceptors (Lipinski definition) is 4. The Kier molecular flexibility index (Phi) is 4.46. The third-order valence-corrected chi connectivity index (χ3v) is 3.77. The van der Waals surface area contributed by atoms with Gasteiger partial charge in [-0.05, 0) is 30.9 Å². The Hall–Kier alpha value is -2.22. The lowest BCUT2D eigenvalue weighted by Gasteiger charge is -2.26. The standard InChI is InChI=1S/C15H18N2O3/c16-9-13(10-4-2-1-3-5-10)17-15(20)12-7-6-11(18)8-14(12)19/h6-8,10,13,18-19H,1-5H2,(H,17,20). The minimum Gasteiger partial charge on any atom is -0.508 e. The number of benzene rings is 1. The average Bonchev–Trinajstić information content (AvgIpc) is 2.45. The van der Waals surface area contributed by atoms with Crippen molar-refractivity contribution in [3.8, 4) is 17.6 Å². The molecule has 1 amide bonds. The second-order valence-electron chi connectivity index (χ2n) is 5.18. The molecule has 106 valence electrons. The van der Waals surface area contributed by atoms with Crippen LogP contribution in [0.3, 0.4) is 0 Å². The van der Waals surface area contributed by atoms with Gasteiger partial charge >= 0.3 is 0 Å². The van der Waals surface area contributed by atoms with E-state index in [-0.39, 0.29) is 23.0 Å². The van der Waals surface area contributed by atoms with E-state index in [1.165, 1.54) is 18.6 Å². The first-order valence-electron chi connectivity index (χ1n) is 6.84. The molecular formula is C15H18N2O3. The molecular weight excluding hydrogens is 256 g/mol. The maximum atomic E-state index is 12.1. The molecule has 0 aromatic heterocycles. The number of carbonyl (C=O) groups is 1. The Morgan fingerprint density at radius 2 is 2.00 bits per heavy atom. The third-order valence-electron chi connectivity index (χ3n) is 3.77. The lowest BCUT2D eigenvalue weighted by Crippen LogP contribution is -2.40. The van der Waals surface area contributed by atoms with Crippen molar-refractivity contribution in [2.75, 3.05) is 0 Å². The lowest BCUT2D eigenvalue weighted by atomic mass is 9.84. The molecule has 1 aromatic rings. The van der Waals surface area contributed by atoms with Gasteiger partial charge in [-0.25, -0.2) is 0 Å². The highest BCUT2D eigenvalue weighted by Gasteiger charge is 2.26. The van der Waals surface area contributed by atoms with Gasteiger partial charge in [0, 0.05) is 6.07 Å². The van der Waals surface area contributed by atoms with Crippen molar-refractivity contribution in [2.45, 2.75) is 38.1 Å². The molecule has 0 bridgehead atoms. The first-order chi connectivity index (χ1) is 9.61. The van der Waals surface area contributed by atoms with Crippen molar-refractivity contribution in [1.82, 2.24) is 5.32 Å². The van der Waals surface area contributed by atoms with E-state index in [9.17, 15) is 20.3 Å². The first-order valence-corrected chi connectivity index (χ1v) is 6.84. The Labute approximate surface area is 117 Å². The number of carbonyl (C=O) groups excluding carboxylic acids is 1. The molecule has 5 nitrogen and oxygen atoms in total. The molecule has 1 aromatic carbocycles. The highest BCUT2D eigenvalue weighted by atomic mass is 16.3. The first kappa shape index (κ1) is 14.2. The van der Waals surface area contributed by atoms with Crippen molar-refractivity contribution in [3.63, 3.8) is 0 Å². The Morgan fingerprint density at radius 1 is 1.30 bits per heavy atom. The predicted octanol–water partition coefficient (Wildman–Crippen LogP) is 2.30. The van der Waals surface area contributed by atoms with Crippen molar-refractivity contribution in [2.24, 2.45) is 5.92 Å². The third kappa shape index (κ3) is 3.21. The highest BCUT2D eigenvalue weighted by Crippen LogP contribution is 2.27. The van der Waals surface area contributed by atoms with Crippen molar-refractivity contribution in [1.29, 1.82) is 5.26 Å². The Bertz CT molecular complexity index is 530. The summed E-state index contributed by atoms with van der Waals surface area (Å²) in [5, 5.41) is 30.8. The summed E-state index contributed by atoms with van der Waals surface area (Å²) in [4.78, 5) is 12.1. The van der Waals surface area contributed by atoms with E-state index in [1.807, 2.05) is 0 Å². The SMILES string of the molecule is N#CC(NC(=O)c1ccc(O)cc1O)C1CCCCC1. The molecule has 1 aliphatic carbocycles. The van der Waals surface area contributed by atoms with Crippen LogP contribution >= 0.6 is 0 Å². The van der Waals surface area contributed by atoms with Crippen LogP contribution in [-0.2, 0) is 0 Å². The van der Waals surface area contributed by atoms with Crippen LogP contribution in [0.25, 0.3) is 0 Å². The fourth-order valence-corrected chi connectivity index (χ4v) is 2.65. The van der Waals surface area contributed by atoms with E-state index in [0.717, 1.165) is 31.7 Å². The molecule has 3 N–H and O–H groups in total. The summed E-state index contributed by atoms with van der Waals surface area (Å²) in [7, 11) is 0. The fourth-order valence-electron chi connectivity index (χ4n) is 2.65. The summed E-state index contributed by atoms with van der Waals surface area (Å²) in [5.41, 5.74) is 0.0684. The lowest BCUT2D eigenvalue weighted by molar-refractivity contribution is 0.0926. The van der Waals surface area contributed by atoms with Crippen LogP contribution in [0.5, 0.6) is 11.5 Å². The summed E-state index contributed by atoms with van der Waals surface area (Å²) in [6.45, 7) is 0. The highest BCUT2D eigenvalue weighted by molar-refractivity contribution is 5.97. The van der Waals surface area contributed by atoms with Crippen LogP contribution < -0.4 is 5.32 Å². The minimum absolute atomic E-state index is 0.0684. The van der Waals surface area contributed by atoms with Crippen LogP contribution in [0, 0.1) is 17.2 Å². The molecule has 1 atom stereocenters. The quantitative estimate of drug-likeness (QED) is 0.788. The van der Waals surface area contributed by atoms with E-state index < -0.39 is 11.9 Å². The van der Waals surface area contributed by atoms with Crippen LogP contribution in [0.2, 0.25) is 0 Å². The number of amides is 1. The summed E-state index contributed by atoms with van der Waals surface area (Å²) in [6, 6.07) is 5.39. The molecule has 1 unspecified atom stereocenters. The van der Waals surface area contributed by atoms with Crippen molar-refractivity contribution in [3.05, 3.63) is 23.8 Å². The van der Waals surface area contributed by atoms with Crippen LogP contribution in [0.15, 0.2) is 18.2 Å². The molecule has 0 aliphatic heterocycles. The number of nitrogens with zero attached hydrogens (tertiary/aromatic N) is 1. The Morgan fingerprint density at radius 3 is 2.60 bits per heavy atom. The Balaban J connectivity index is 2.07. The van der Waals surface area contributed by atoms with Crippen molar-refractivity contribution >= 4 is 5.91 Å². The smallest absolute Gasteiger partial charge is 0.256 e. The molecule has 0 saturated heterocycles. The second kappa shape index (κ2) is 6.29. The second-order valence-corrected chi connectivity index (χ2v) is 5.18. The van der Waals surface area contributed by atoms with E-state index in [1.54, 1.807) is 0 Å². The van der Waals surface area contributed by atoms with E-state index in [2.05, 4.69) is 11.4 Å². The van der Waals surface area contributed by atoms with Gasteiger partial charge in [0.1, 0.15) is 17.5 Å². The van der Waals surface area contributed by atoms with Gasteiger partial charge in [0.2, 0.25) is 0 Å². The predicted molar refractivity (Wildman–Crippen MR) is 73.2 cm³/mol. The number of nitriles is 1. The molecule has 0 spiro atoms. The molecule has 2 rings (SSSR count). The maximum absolute atomic E-state index is 12.1. The van der Waals surface area contributed by atoms with Gasteiger partial charge in [-0.15, -0.1) is 0 Å². The molecule has 5 heteroatoms. The number of phenolic OH excluding ortho intramolecular Hbond substituents is 2. The summed E-state index contributed by atoms with van der Waals surface area (Å²) >= 11 is 0. The largest absolute Gasteiger partial charge is 0.508 e. The molecule has 1 aliphatic rings. The van der Waals surface area contributed by atoms with Crippen molar-refractivity contribution < 1.29 is 15.0 Å². The van der Waals surface area contributed by atoms with E-state index in [4.69, 9.17) is 0 Å². The normalized spacial score (nSPS) is 17.1. The zero-order chi connectivity index (χ0) is 14.5. The zero-order valence-electron chi connectivity index (χ0n) is 11.2. The van der Waals surface area contributed by atoms with Gasteiger partial charge < -0.3 is 15.5 Å². The molecule has 0 radical (unpaired) electrons. The number of rotatable bonds is 3. The maximum Gasteiger partial charge on any atom is 0.256 e. The summed E-state index contributed by atoms with van der Waals surface area (Å²) in [5.74, 6) is -0.706. The summed E-state index contributed by atoms with van der Waals surface area (Å²) < 4.78 is 0. The van der Waals surface area contributed by atoms with Gasteiger partial charge in [-0.2, -0.15) is 5.26 Å². The summed E-state index contributed by atoms with van der Waals surface area (Å²) in [6.07, 6.45) is 5.24. The van der Waals surface area contributed by atoms with Crippen LogP contribution in [0.1, 0.15) is 42.5 Å². The van der Waals surface area contributed by atoms with Gasteiger partial charge in [-0.3, -0.25) is 4.79 Å². The molecule has 1 saturated carbocycles. The fraction of sp³-hybridized carbons (Fsp3) is 0.467. The topological polar surface area (TPSA) is 93.4 Å². The number of nitrogens with one attached hydrogen (secondary N) is 1. The van der Waals surface area contributed by atoms with Gasteiger partial charge in [-0.1, -0.05) is 19.3 Å². The number of hydrogen-bond donors (Lipinski definition) is 3. The van der Waals surface area contributed by atoms with Gasteiger partial charge in [0.05, 0.1) is 11.6 Å². The van der Waals surface area contributed by atoms with Gasteiger partial charge in [0.25, 0.3) is 5.91 Å². The number of aromatic hydroxyl groups is 2. The zero-order valence-corrected chi connectivity index (χ0v) is 11.2. The minimum atomic E-state index is -0.531. The van der Waals surface area contributed by atoms with Crippen LogP contribution in [-0.4, -0.2) is 22.2 Å². The van der Waals surface area contributed by atoms with Gasteiger partial charge in [0.15, 0.2) is 0 Å². The van der Waals surface area contributed by atoms with E-state index >= 15 is 0 Å².